The third-order valence-corrected chi connectivity index (χ3v) is 14.7. The standard InChI is InChI=1S/C27H28Cl2N6O5.C17H14Cl2N2O3.C12H19N5O4/c1-30-34-27(35-7-6-19(36)14-35)31-12-18(26(39)40)11-24(38)25-20(28)8-15(9-21(25)29)2-5-23(37)16-3-4-17-13-32-33-22(17)10-16;18-12-5-9(6-13(19)16(12)17(23)24)1-4-15(22)10-2-3-11-8-20-21-14(11)7-10;1-8(18)21-9-4-5-17(7-9)12(16-14-2)15-6-10(13)11(19)20-3/h3-4,8-10,13,18-19,23,36-37H,2,5-7,11-12,14H2,(H,31,34)(H,32,33)(H,39,40);2-3,5-8,15,22H,1,4H2,(H,20,21)(H,23,24);9-10H,4-7,13H2,1,3H3,(H,15,16)/t18-,19-,23?;;9-,10-/m0.0/s1. The molecule has 2 aromatic heterocycles. The maximum absolute atomic E-state index is 13.1. The van der Waals surface area contributed by atoms with Gasteiger partial charge in [0.05, 0.1) is 106 Å². The minimum Gasteiger partial charge on any atom is -0.481 e. The molecule has 0 amide bonds. The van der Waals surface area contributed by atoms with Crippen LogP contribution < -0.4 is 16.6 Å². The lowest BCUT2D eigenvalue weighted by molar-refractivity contribution is -0.145. The summed E-state index contributed by atoms with van der Waals surface area (Å²) < 4.78 is 9.62. The summed E-state index contributed by atoms with van der Waals surface area (Å²) in [6.07, 6.45) is 3.79. The first-order valence-electron chi connectivity index (χ1n) is 26.3. The molecule has 0 bridgehead atoms. The number of aliphatic hydroxyl groups excluding tert-OH is 3. The summed E-state index contributed by atoms with van der Waals surface area (Å²) >= 11 is 24.8. The number of aliphatic carboxylic acids is 1. The smallest absolute Gasteiger partial charge is 0.338 e. The number of nitrogens with two attached hydrogens (primary N) is 1. The third kappa shape index (κ3) is 18.9. The van der Waals surface area contributed by atoms with Crippen LogP contribution in [0.25, 0.3) is 31.7 Å². The largest absolute Gasteiger partial charge is 0.481 e. The van der Waals surface area contributed by atoms with E-state index in [1.54, 1.807) is 46.5 Å². The van der Waals surface area contributed by atoms with Gasteiger partial charge in [-0.15, -0.1) is 0 Å². The van der Waals surface area contributed by atoms with Crippen LogP contribution in [-0.2, 0) is 36.7 Å². The summed E-state index contributed by atoms with van der Waals surface area (Å²) in [4.78, 5) is 76.1. The fourth-order valence-electron chi connectivity index (χ4n) is 9.14. The number of nitrogens with one attached hydrogen (secondary N) is 4. The van der Waals surface area contributed by atoms with Gasteiger partial charge >= 0.3 is 23.9 Å². The van der Waals surface area contributed by atoms with E-state index in [2.05, 4.69) is 55.9 Å². The molecule has 2 aliphatic heterocycles. The van der Waals surface area contributed by atoms with Crippen molar-refractivity contribution in [1.29, 1.82) is 0 Å². The zero-order chi connectivity index (χ0) is 61.9. The fraction of sp³-hybridized carbons (Fsp3) is 0.375. The summed E-state index contributed by atoms with van der Waals surface area (Å²) in [5.74, 6) is -4.58. The summed E-state index contributed by atoms with van der Waals surface area (Å²) in [7, 11) is 1.24. The number of methoxy groups -OCH3 is 1. The van der Waals surface area contributed by atoms with Crippen molar-refractivity contribution in [3.8, 4) is 0 Å². The van der Waals surface area contributed by atoms with Gasteiger partial charge in [0.1, 0.15) is 12.1 Å². The number of aromatic carboxylic acids is 1. The van der Waals surface area contributed by atoms with E-state index in [0.29, 0.717) is 64.1 Å². The van der Waals surface area contributed by atoms with Crippen molar-refractivity contribution in [1.82, 2.24) is 41.0 Å². The highest BCUT2D eigenvalue weighted by atomic mass is 35.5. The number of aliphatic imine (C=N–C) groups is 2. The van der Waals surface area contributed by atoms with E-state index >= 15 is 0 Å². The van der Waals surface area contributed by atoms with Gasteiger partial charge in [0.2, 0.25) is 0 Å². The predicted molar refractivity (Wildman–Crippen MR) is 317 cm³/mol. The number of rotatable bonds is 19. The van der Waals surface area contributed by atoms with E-state index in [1.807, 2.05) is 36.4 Å². The number of carbonyl (C=O) groups excluding carboxylic acids is 3. The number of aromatic nitrogens is 4. The molecule has 4 heterocycles. The van der Waals surface area contributed by atoms with Crippen molar-refractivity contribution >= 4 is 110 Å². The van der Waals surface area contributed by atoms with Gasteiger partial charge in [-0.25, -0.2) is 14.8 Å². The molecule has 450 valence electrons. The highest BCUT2D eigenvalue weighted by Gasteiger charge is 2.30. The van der Waals surface area contributed by atoms with Crippen LogP contribution in [0, 0.1) is 19.1 Å². The maximum atomic E-state index is 13.1. The number of aliphatic hydroxyl groups is 3. The molecule has 8 rings (SSSR count). The summed E-state index contributed by atoms with van der Waals surface area (Å²) in [6.45, 7) is 16.8. The number of carboxylic acids is 2. The van der Waals surface area contributed by atoms with Crippen LogP contribution in [0.5, 0.6) is 0 Å². The maximum Gasteiger partial charge on any atom is 0.338 e. The number of halogens is 4. The number of aromatic amines is 2. The number of β-amino-alcohol motifs (C(OH)–C–C–N with tert-alkyl or cyclic N) is 1. The number of benzene rings is 4. The molecule has 11 N–H and O–H groups in total. The quantitative estimate of drug-likeness (QED) is 0.00995. The lowest BCUT2D eigenvalue weighted by Crippen LogP contribution is -2.40. The molecule has 0 aliphatic carbocycles. The number of likely N-dealkylation sites (tertiary alicyclic amines) is 2. The van der Waals surface area contributed by atoms with Crippen molar-refractivity contribution in [3.63, 3.8) is 0 Å². The lowest BCUT2D eigenvalue weighted by Gasteiger charge is -2.17. The van der Waals surface area contributed by atoms with E-state index in [0.717, 1.165) is 44.1 Å². The Hall–Kier alpha value is -8.11. The Kier molecular flexibility index (Phi) is 24.6. The second-order valence-electron chi connectivity index (χ2n) is 19.6. The van der Waals surface area contributed by atoms with Crippen molar-refractivity contribution in [3.05, 3.63) is 150 Å². The number of esters is 2. The number of ether oxygens (including phenoxy) is 2. The van der Waals surface area contributed by atoms with Crippen LogP contribution in [0.2, 0.25) is 20.1 Å². The van der Waals surface area contributed by atoms with Crippen LogP contribution in [0.3, 0.4) is 0 Å². The van der Waals surface area contributed by atoms with Gasteiger partial charge in [0.25, 0.3) is 11.9 Å². The Morgan fingerprint density at radius 2 is 1.24 bits per heavy atom. The number of hydrogen-bond donors (Lipinski definition) is 10. The third-order valence-electron chi connectivity index (χ3n) is 13.5. The Labute approximate surface area is 507 Å². The zero-order valence-corrected chi connectivity index (χ0v) is 48.9. The Morgan fingerprint density at radius 1 is 0.753 bits per heavy atom. The molecule has 25 nitrogen and oxygen atoms in total. The van der Waals surface area contributed by atoms with E-state index < -0.39 is 60.4 Å². The first-order valence-corrected chi connectivity index (χ1v) is 27.8. The van der Waals surface area contributed by atoms with Gasteiger partial charge in [0, 0.05) is 50.2 Å². The van der Waals surface area contributed by atoms with Gasteiger partial charge in [0.15, 0.2) is 5.78 Å². The van der Waals surface area contributed by atoms with E-state index in [1.165, 1.54) is 14.0 Å². The first-order chi connectivity index (χ1) is 40.6. The second-order valence-corrected chi connectivity index (χ2v) is 21.3. The molecule has 2 aliphatic rings. The number of ketones is 1. The van der Waals surface area contributed by atoms with Crippen molar-refractivity contribution in [2.45, 2.75) is 82.3 Å². The fourth-order valence-corrected chi connectivity index (χ4v) is 10.6. The number of aryl methyl sites for hydroxylation is 2. The molecule has 2 fully saturated rings. The van der Waals surface area contributed by atoms with E-state index in [-0.39, 0.29) is 68.9 Å². The van der Waals surface area contributed by atoms with Crippen LogP contribution in [-0.4, -0.2) is 162 Å². The number of guanidine groups is 2. The molecule has 0 spiro atoms. The number of carboxylic acid groups (broad SMARTS) is 2. The normalized spacial score (nSPS) is 16.4. The molecule has 4 aromatic carbocycles. The number of nitrogens with zero attached hydrogens (tertiary/aromatic N) is 8. The highest BCUT2D eigenvalue weighted by Crippen LogP contribution is 2.32. The molecule has 6 atom stereocenters. The van der Waals surface area contributed by atoms with Crippen LogP contribution in [0.15, 0.2) is 83.0 Å². The summed E-state index contributed by atoms with van der Waals surface area (Å²) in [5, 5.41) is 65.5. The second kappa shape index (κ2) is 31.7. The van der Waals surface area contributed by atoms with Gasteiger partial charge in [-0.2, -0.15) is 33.2 Å². The van der Waals surface area contributed by atoms with Crippen molar-refractivity contribution in [2.24, 2.45) is 21.6 Å². The molecular formula is C56H61Cl4N13O12. The molecule has 2 unspecified atom stereocenters. The number of fused-ring (bicyclic) bond motifs is 2. The van der Waals surface area contributed by atoms with Gasteiger partial charge < -0.3 is 50.5 Å². The van der Waals surface area contributed by atoms with Crippen LogP contribution >= 0.6 is 46.4 Å². The monoisotopic (exact) mass is 1250 g/mol. The van der Waals surface area contributed by atoms with Gasteiger partial charge in [-0.3, -0.25) is 29.4 Å². The van der Waals surface area contributed by atoms with Crippen LogP contribution in [0.4, 0.5) is 0 Å². The summed E-state index contributed by atoms with van der Waals surface area (Å²) in [5.41, 5.74) is 15.0. The molecule has 29 heteroatoms. The summed E-state index contributed by atoms with van der Waals surface area (Å²) in [6, 6.07) is 16.6. The molecule has 85 heavy (non-hydrogen) atoms. The topological polar surface area (TPSA) is 352 Å². The number of H-pyrrole nitrogens is 2. The Bertz CT molecular complexity index is 3470. The number of carbonyl (C=O) groups is 5. The molecule has 0 saturated carbocycles. The van der Waals surface area contributed by atoms with Gasteiger partial charge in [-0.1, -0.05) is 81.5 Å². The van der Waals surface area contributed by atoms with Crippen LogP contribution in [0.1, 0.15) is 94.2 Å². The Morgan fingerprint density at radius 3 is 1.68 bits per heavy atom. The van der Waals surface area contributed by atoms with Crippen molar-refractivity contribution < 1.29 is 59.0 Å². The number of hydrogen-bond acceptors (Lipinski definition) is 15. The highest BCUT2D eigenvalue weighted by molar-refractivity contribution is 6.40. The minimum atomic E-state index is -1.23. The average molecular weight is 1250 g/mol. The molecular weight excluding hydrogens is 1190 g/mol. The molecule has 6 aromatic rings. The molecule has 2 saturated heterocycles. The van der Waals surface area contributed by atoms with Crippen molar-refractivity contribution in [2.75, 3.05) is 46.4 Å². The van der Waals surface area contributed by atoms with E-state index in [4.69, 9.17) is 75.1 Å². The predicted octanol–water partition coefficient (Wildman–Crippen LogP) is 6.79. The molecule has 0 radical (unpaired) electrons. The van der Waals surface area contributed by atoms with E-state index in [9.17, 15) is 44.4 Å². The average Bonchev–Trinajstić information content (AvgIpc) is 4.52. The zero-order valence-electron chi connectivity index (χ0n) is 45.8. The van der Waals surface area contributed by atoms with Gasteiger partial charge in [-0.05, 0) is 90.8 Å². The minimum absolute atomic E-state index is 0.000735. The Balaban J connectivity index is 0.000000220. The first kappa shape index (κ1) is 66.0. The number of Topliss-reactive ketones (excluding diaryl/α,β-unsaturated/α-hetero) is 1. The SMILES string of the molecule is O=C(O)c1c(Cl)cc(CCC(O)c2ccc3cn[nH]c3c2)cc1Cl.[C-]#[N+]NC(=NC[C@H](CC(=O)c1c(Cl)cc(CCC(O)c2ccc3cn[nH]c3c2)cc1Cl)C(=O)O)N1CC[C@H](O)C1.[C-]#[N+]NC(=NC[C@H](N)C(=O)OC)N1CC[C@H](OC(C)=O)C1. The lowest BCUT2D eigenvalue weighted by atomic mass is 9.96.